The lowest BCUT2D eigenvalue weighted by molar-refractivity contribution is 0.0302. The Labute approximate surface area is 108 Å². The highest BCUT2D eigenvalue weighted by atomic mass is 79.9. The number of halogens is 1. The van der Waals surface area contributed by atoms with Crippen molar-refractivity contribution in [2.24, 2.45) is 5.84 Å². The standard InChI is InChI=1S/C10H14BrN5O/c11-8-9(15-12)13-5-14-10(8)16-3-6-1-2-7(4-16)17-6/h5-7H,1-4,12H2,(H,13,14,15). The third kappa shape index (κ3) is 1.98. The second-order valence-electron chi connectivity index (χ2n) is 4.37. The SMILES string of the molecule is NNc1ncnc(N2CC3CCC(C2)O3)c1Br. The van der Waals surface area contributed by atoms with Crippen molar-refractivity contribution >= 4 is 27.6 Å². The minimum atomic E-state index is 0.338. The molecule has 0 aliphatic carbocycles. The largest absolute Gasteiger partial charge is 0.371 e. The first-order chi connectivity index (χ1) is 8.28. The van der Waals surface area contributed by atoms with E-state index >= 15 is 0 Å². The quantitative estimate of drug-likeness (QED) is 0.624. The summed E-state index contributed by atoms with van der Waals surface area (Å²) in [5, 5.41) is 0. The van der Waals surface area contributed by atoms with Gasteiger partial charge in [-0.2, -0.15) is 0 Å². The molecule has 7 heteroatoms. The van der Waals surface area contributed by atoms with E-state index in [-0.39, 0.29) is 0 Å². The van der Waals surface area contributed by atoms with Crippen LogP contribution in [0.2, 0.25) is 0 Å². The number of nitrogens with one attached hydrogen (secondary N) is 1. The third-order valence-corrected chi connectivity index (χ3v) is 3.98. The lowest BCUT2D eigenvalue weighted by atomic mass is 10.2. The molecule has 6 nitrogen and oxygen atoms in total. The van der Waals surface area contributed by atoms with Gasteiger partial charge in [0, 0.05) is 13.1 Å². The Morgan fingerprint density at radius 1 is 1.35 bits per heavy atom. The number of hydrogen-bond acceptors (Lipinski definition) is 6. The van der Waals surface area contributed by atoms with Crippen LogP contribution in [0.15, 0.2) is 10.8 Å². The first kappa shape index (κ1) is 11.2. The van der Waals surface area contributed by atoms with Gasteiger partial charge >= 0.3 is 0 Å². The molecular weight excluding hydrogens is 286 g/mol. The Hall–Kier alpha value is -0.920. The highest BCUT2D eigenvalue weighted by molar-refractivity contribution is 9.10. The number of nitrogens with zero attached hydrogens (tertiary/aromatic N) is 3. The van der Waals surface area contributed by atoms with Crippen LogP contribution in [0.3, 0.4) is 0 Å². The van der Waals surface area contributed by atoms with E-state index in [1.165, 1.54) is 6.33 Å². The van der Waals surface area contributed by atoms with Crippen LogP contribution in [0, 0.1) is 0 Å². The molecule has 2 aliphatic rings. The first-order valence-corrected chi connectivity index (χ1v) is 6.44. The number of ether oxygens (including phenoxy) is 1. The predicted octanol–water partition coefficient (Wildman–Crippen LogP) is 0.892. The average Bonchev–Trinajstić information content (AvgIpc) is 2.68. The van der Waals surface area contributed by atoms with Crippen molar-refractivity contribution in [3.05, 3.63) is 10.8 Å². The number of hydrogen-bond donors (Lipinski definition) is 2. The molecule has 17 heavy (non-hydrogen) atoms. The van der Waals surface area contributed by atoms with Crippen LogP contribution < -0.4 is 16.2 Å². The van der Waals surface area contributed by atoms with E-state index in [1.807, 2.05) is 0 Å². The van der Waals surface area contributed by atoms with Gasteiger partial charge in [-0.25, -0.2) is 15.8 Å². The summed E-state index contributed by atoms with van der Waals surface area (Å²) in [6, 6.07) is 0. The van der Waals surface area contributed by atoms with Gasteiger partial charge in [0.1, 0.15) is 16.6 Å². The molecule has 2 saturated heterocycles. The van der Waals surface area contributed by atoms with Gasteiger partial charge in [-0.15, -0.1) is 0 Å². The van der Waals surface area contributed by atoms with E-state index in [4.69, 9.17) is 10.6 Å². The number of aromatic nitrogens is 2. The Balaban J connectivity index is 1.89. The van der Waals surface area contributed by atoms with Crippen LogP contribution in [0.5, 0.6) is 0 Å². The molecule has 2 unspecified atom stereocenters. The van der Waals surface area contributed by atoms with Crippen LogP contribution in [0.25, 0.3) is 0 Å². The molecule has 1 aromatic heterocycles. The maximum Gasteiger partial charge on any atom is 0.159 e. The van der Waals surface area contributed by atoms with E-state index in [2.05, 4.69) is 36.2 Å². The molecule has 3 heterocycles. The first-order valence-electron chi connectivity index (χ1n) is 5.65. The van der Waals surface area contributed by atoms with E-state index in [0.717, 1.165) is 36.2 Å². The summed E-state index contributed by atoms with van der Waals surface area (Å²) >= 11 is 3.49. The number of nitrogens with two attached hydrogens (primary N) is 1. The van der Waals surface area contributed by atoms with Crippen molar-refractivity contribution < 1.29 is 4.74 Å². The molecule has 0 aromatic carbocycles. The van der Waals surface area contributed by atoms with Crippen molar-refractivity contribution in [1.82, 2.24) is 9.97 Å². The van der Waals surface area contributed by atoms with Gasteiger partial charge in [-0.05, 0) is 28.8 Å². The highest BCUT2D eigenvalue weighted by Gasteiger charge is 2.35. The van der Waals surface area contributed by atoms with Crippen molar-refractivity contribution in [2.45, 2.75) is 25.0 Å². The summed E-state index contributed by atoms with van der Waals surface area (Å²) in [6.45, 7) is 1.77. The number of fused-ring (bicyclic) bond motifs is 2. The van der Waals surface area contributed by atoms with Gasteiger partial charge in [0.05, 0.1) is 12.2 Å². The van der Waals surface area contributed by atoms with Crippen LogP contribution >= 0.6 is 15.9 Å². The molecule has 2 bridgehead atoms. The summed E-state index contributed by atoms with van der Waals surface area (Å²) in [7, 11) is 0. The summed E-state index contributed by atoms with van der Waals surface area (Å²) in [5.41, 5.74) is 2.56. The molecule has 92 valence electrons. The summed E-state index contributed by atoms with van der Waals surface area (Å²) in [5.74, 6) is 6.89. The summed E-state index contributed by atoms with van der Waals surface area (Å²) < 4.78 is 6.61. The normalized spacial score (nSPS) is 27.3. The Morgan fingerprint density at radius 2 is 2.06 bits per heavy atom. The van der Waals surface area contributed by atoms with Crippen molar-refractivity contribution in [1.29, 1.82) is 0 Å². The molecule has 3 rings (SSSR count). The zero-order valence-corrected chi connectivity index (χ0v) is 10.9. The Bertz CT molecular complexity index is 417. The van der Waals surface area contributed by atoms with Crippen molar-refractivity contribution in [3.8, 4) is 0 Å². The fourth-order valence-electron chi connectivity index (χ4n) is 2.47. The molecule has 0 radical (unpaired) electrons. The molecule has 2 fully saturated rings. The van der Waals surface area contributed by atoms with Gasteiger partial charge in [0.2, 0.25) is 0 Å². The van der Waals surface area contributed by atoms with E-state index in [0.29, 0.717) is 18.0 Å². The van der Waals surface area contributed by atoms with Crippen LogP contribution in [0.1, 0.15) is 12.8 Å². The molecule has 0 spiro atoms. The average molecular weight is 300 g/mol. The third-order valence-electron chi connectivity index (χ3n) is 3.25. The smallest absolute Gasteiger partial charge is 0.159 e. The number of hydrazine groups is 1. The van der Waals surface area contributed by atoms with Gasteiger partial charge in [0.25, 0.3) is 0 Å². The number of rotatable bonds is 2. The zero-order valence-electron chi connectivity index (χ0n) is 9.27. The van der Waals surface area contributed by atoms with Gasteiger partial charge < -0.3 is 15.1 Å². The lowest BCUT2D eigenvalue weighted by Gasteiger charge is -2.33. The highest BCUT2D eigenvalue weighted by Crippen LogP contribution is 2.34. The fourth-order valence-corrected chi connectivity index (χ4v) is 3.04. The molecule has 3 N–H and O–H groups in total. The number of nitrogen functional groups attached to an aromatic ring is 1. The predicted molar refractivity (Wildman–Crippen MR) is 67.7 cm³/mol. The maximum absolute atomic E-state index is 5.80. The fraction of sp³-hybridized carbons (Fsp3) is 0.600. The van der Waals surface area contributed by atoms with E-state index in [9.17, 15) is 0 Å². The number of anilines is 2. The Kier molecular flexibility index (Phi) is 2.89. The van der Waals surface area contributed by atoms with Gasteiger partial charge in [-0.1, -0.05) is 0 Å². The van der Waals surface area contributed by atoms with Crippen LogP contribution in [-0.2, 0) is 4.74 Å². The second kappa shape index (κ2) is 4.40. The molecule has 2 atom stereocenters. The maximum atomic E-state index is 5.80. The molecule has 2 aliphatic heterocycles. The molecule has 0 saturated carbocycles. The van der Waals surface area contributed by atoms with Crippen LogP contribution in [0.4, 0.5) is 11.6 Å². The minimum absolute atomic E-state index is 0.338. The summed E-state index contributed by atoms with van der Waals surface area (Å²) in [6.07, 6.45) is 4.49. The molecular formula is C10H14BrN5O. The van der Waals surface area contributed by atoms with Gasteiger partial charge in [-0.3, -0.25) is 0 Å². The monoisotopic (exact) mass is 299 g/mol. The molecule has 1 aromatic rings. The van der Waals surface area contributed by atoms with Crippen molar-refractivity contribution in [2.75, 3.05) is 23.4 Å². The topological polar surface area (TPSA) is 76.3 Å². The number of morpholine rings is 1. The van der Waals surface area contributed by atoms with E-state index < -0.39 is 0 Å². The zero-order chi connectivity index (χ0) is 11.8. The van der Waals surface area contributed by atoms with Gasteiger partial charge in [0.15, 0.2) is 5.82 Å². The minimum Gasteiger partial charge on any atom is -0.371 e. The van der Waals surface area contributed by atoms with Crippen LogP contribution in [-0.4, -0.2) is 35.3 Å². The molecule has 0 amide bonds. The second-order valence-corrected chi connectivity index (χ2v) is 5.16. The summed E-state index contributed by atoms with van der Waals surface area (Å²) in [4.78, 5) is 10.6. The van der Waals surface area contributed by atoms with E-state index in [1.54, 1.807) is 0 Å². The van der Waals surface area contributed by atoms with Crippen molar-refractivity contribution in [3.63, 3.8) is 0 Å². The Morgan fingerprint density at radius 3 is 2.71 bits per heavy atom. The lowest BCUT2D eigenvalue weighted by Crippen LogP contribution is -2.43.